The first kappa shape index (κ1) is 15.5. The Hall–Kier alpha value is -3.02. The summed E-state index contributed by atoms with van der Waals surface area (Å²) in [5.41, 5.74) is 1.64. The maximum Gasteiger partial charge on any atom is 0.298 e. The van der Waals surface area contributed by atoms with Crippen LogP contribution in [0.1, 0.15) is 0 Å². The summed E-state index contributed by atoms with van der Waals surface area (Å²) in [6.07, 6.45) is 0. The van der Waals surface area contributed by atoms with Crippen LogP contribution in [0.5, 0.6) is 5.75 Å². The number of carbonyl (C=O) groups excluding carboxylic acids is 1. The standard InChI is InChI=1S/C19H19N3O3/c23-18(14-24-15-6-2-1-3-7-15)21-10-12-22(13-11-21)19-20-16-8-4-5-9-17(16)25-19/h1-9H,10-14H2. The number of oxazole rings is 1. The van der Waals surface area contributed by atoms with Gasteiger partial charge in [0.25, 0.3) is 11.9 Å². The van der Waals surface area contributed by atoms with Gasteiger partial charge in [0.15, 0.2) is 12.2 Å². The second-order valence-corrected chi connectivity index (χ2v) is 5.93. The number of hydrogen-bond donors (Lipinski definition) is 0. The highest BCUT2D eigenvalue weighted by Crippen LogP contribution is 2.22. The number of aromatic nitrogens is 1. The zero-order valence-electron chi connectivity index (χ0n) is 13.8. The van der Waals surface area contributed by atoms with Crippen molar-refractivity contribution in [2.24, 2.45) is 0 Å². The number of amides is 1. The van der Waals surface area contributed by atoms with E-state index < -0.39 is 0 Å². The quantitative estimate of drug-likeness (QED) is 0.732. The van der Waals surface area contributed by atoms with E-state index in [0.29, 0.717) is 37.9 Å². The van der Waals surface area contributed by atoms with Gasteiger partial charge in [0.2, 0.25) is 0 Å². The van der Waals surface area contributed by atoms with Gasteiger partial charge in [-0.2, -0.15) is 4.98 Å². The van der Waals surface area contributed by atoms with Crippen LogP contribution in [0.4, 0.5) is 6.01 Å². The lowest BCUT2D eigenvalue weighted by Gasteiger charge is -2.33. The summed E-state index contributed by atoms with van der Waals surface area (Å²) in [5, 5.41) is 0. The summed E-state index contributed by atoms with van der Waals surface area (Å²) in [6.45, 7) is 2.73. The molecule has 6 heteroatoms. The third-order valence-electron chi connectivity index (χ3n) is 4.29. The number of nitrogens with zero attached hydrogens (tertiary/aromatic N) is 3. The number of piperazine rings is 1. The van der Waals surface area contributed by atoms with E-state index in [-0.39, 0.29) is 12.5 Å². The van der Waals surface area contributed by atoms with E-state index >= 15 is 0 Å². The fraction of sp³-hybridized carbons (Fsp3) is 0.263. The van der Waals surface area contributed by atoms with Gasteiger partial charge in [-0.1, -0.05) is 30.3 Å². The predicted molar refractivity (Wildman–Crippen MR) is 94.7 cm³/mol. The first-order valence-electron chi connectivity index (χ1n) is 8.36. The highest BCUT2D eigenvalue weighted by Gasteiger charge is 2.24. The molecule has 0 aliphatic carbocycles. The van der Waals surface area contributed by atoms with Crippen LogP contribution in [-0.2, 0) is 4.79 Å². The number of benzene rings is 2. The van der Waals surface area contributed by atoms with Crippen LogP contribution in [0, 0.1) is 0 Å². The Morgan fingerprint density at radius 1 is 1.00 bits per heavy atom. The maximum atomic E-state index is 12.3. The Bertz CT molecular complexity index is 821. The lowest BCUT2D eigenvalue weighted by atomic mass is 10.3. The van der Waals surface area contributed by atoms with Gasteiger partial charge in [-0.15, -0.1) is 0 Å². The van der Waals surface area contributed by atoms with E-state index in [9.17, 15) is 4.79 Å². The number of carbonyl (C=O) groups is 1. The van der Waals surface area contributed by atoms with E-state index in [2.05, 4.69) is 9.88 Å². The van der Waals surface area contributed by atoms with Gasteiger partial charge in [-0.3, -0.25) is 4.79 Å². The summed E-state index contributed by atoms with van der Waals surface area (Å²) in [5.74, 6) is 0.710. The normalized spacial score (nSPS) is 14.7. The minimum atomic E-state index is 0.000989. The average molecular weight is 337 g/mol. The minimum absolute atomic E-state index is 0.000989. The van der Waals surface area contributed by atoms with Crippen molar-refractivity contribution < 1.29 is 13.9 Å². The maximum absolute atomic E-state index is 12.3. The molecule has 0 saturated carbocycles. The molecule has 25 heavy (non-hydrogen) atoms. The Balaban J connectivity index is 1.32. The molecule has 3 aromatic rings. The third kappa shape index (κ3) is 3.42. The lowest BCUT2D eigenvalue weighted by Crippen LogP contribution is -2.50. The van der Waals surface area contributed by atoms with Crippen molar-refractivity contribution in [2.45, 2.75) is 0 Å². The van der Waals surface area contributed by atoms with Crippen molar-refractivity contribution in [1.82, 2.24) is 9.88 Å². The Kier molecular flexibility index (Phi) is 4.24. The minimum Gasteiger partial charge on any atom is -0.484 e. The Morgan fingerprint density at radius 2 is 1.72 bits per heavy atom. The predicted octanol–water partition coefficient (Wildman–Crippen LogP) is 2.56. The Labute approximate surface area is 145 Å². The molecule has 1 saturated heterocycles. The first-order valence-corrected chi connectivity index (χ1v) is 8.36. The van der Waals surface area contributed by atoms with Crippen molar-refractivity contribution in [3.63, 3.8) is 0 Å². The van der Waals surface area contributed by atoms with Crippen LogP contribution in [-0.4, -0.2) is 48.6 Å². The molecule has 2 heterocycles. The molecule has 128 valence electrons. The first-order chi connectivity index (χ1) is 12.3. The molecule has 4 rings (SSSR count). The van der Waals surface area contributed by atoms with E-state index in [1.54, 1.807) is 0 Å². The molecule has 1 aromatic heterocycles. The summed E-state index contributed by atoms with van der Waals surface area (Å²) < 4.78 is 11.3. The topological polar surface area (TPSA) is 58.8 Å². The van der Waals surface area contributed by atoms with Crippen LogP contribution in [0.25, 0.3) is 11.1 Å². The van der Waals surface area contributed by atoms with Crippen LogP contribution in [0.15, 0.2) is 59.0 Å². The zero-order chi connectivity index (χ0) is 17.1. The molecule has 0 unspecified atom stereocenters. The largest absolute Gasteiger partial charge is 0.484 e. The highest BCUT2D eigenvalue weighted by molar-refractivity contribution is 5.78. The number of para-hydroxylation sites is 3. The third-order valence-corrected chi connectivity index (χ3v) is 4.29. The van der Waals surface area contributed by atoms with E-state index in [4.69, 9.17) is 9.15 Å². The molecule has 2 aromatic carbocycles. The van der Waals surface area contributed by atoms with Gasteiger partial charge in [0.05, 0.1) is 0 Å². The summed E-state index contributed by atoms with van der Waals surface area (Å²) in [4.78, 5) is 20.7. The van der Waals surface area contributed by atoms with Gasteiger partial charge in [-0.05, 0) is 24.3 Å². The molecular weight excluding hydrogens is 318 g/mol. The van der Waals surface area contributed by atoms with Crippen molar-refractivity contribution in [2.75, 3.05) is 37.7 Å². The second-order valence-electron chi connectivity index (χ2n) is 5.93. The molecule has 1 aliphatic rings. The van der Waals surface area contributed by atoms with Crippen molar-refractivity contribution in [1.29, 1.82) is 0 Å². The Morgan fingerprint density at radius 3 is 2.48 bits per heavy atom. The molecule has 0 bridgehead atoms. The van der Waals surface area contributed by atoms with Crippen molar-refractivity contribution >= 4 is 23.0 Å². The van der Waals surface area contributed by atoms with E-state index in [0.717, 1.165) is 11.1 Å². The average Bonchev–Trinajstić information content (AvgIpc) is 3.11. The van der Waals surface area contributed by atoms with Gasteiger partial charge in [-0.25, -0.2) is 0 Å². The van der Waals surface area contributed by atoms with Gasteiger partial charge in [0.1, 0.15) is 11.3 Å². The number of hydrogen-bond acceptors (Lipinski definition) is 5. The van der Waals surface area contributed by atoms with Crippen LogP contribution in [0.3, 0.4) is 0 Å². The number of fused-ring (bicyclic) bond motifs is 1. The molecule has 1 fully saturated rings. The summed E-state index contributed by atoms with van der Waals surface area (Å²) >= 11 is 0. The second kappa shape index (κ2) is 6.84. The van der Waals surface area contributed by atoms with E-state index in [1.807, 2.05) is 59.5 Å². The van der Waals surface area contributed by atoms with Gasteiger partial charge < -0.3 is 19.0 Å². The smallest absolute Gasteiger partial charge is 0.298 e. The molecule has 1 amide bonds. The monoisotopic (exact) mass is 337 g/mol. The van der Waals surface area contributed by atoms with Crippen molar-refractivity contribution in [3.8, 4) is 5.75 Å². The van der Waals surface area contributed by atoms with Crippen molar-refractivity contribution in [3.05, 3.63) is 54.6 Å². The molecule has 0 spiro atoms. The molecule has 0 radical (unpaired) electrons. The highest BCUT2D eigenvalue weighted by atomic mass is 16.5. The molecule has 6 nitrogen and oxygen atoms in total. The van der Waals surface area contributed by atoms with E-state index in [1.165, 1.54) is 0 Å². The number of ether oxygens (including phenoxy) is 1. The molecular formula is C19H19N3O3. The number of anilines is 1. The molecule has 0 N–H and O–H groups in total. The lowest BCUT2D eigenvalue weighted by molar-refractivity contribution is -0.133. The van der Waals surface area contributed by atoms with Crippen LogP contribution < -0.4 is 9.64 Å². The fourth-order valence-electron chi connectivity index (χ4n) is 2.90. The molecule has 0 atom stereocenters. The SMILES string of the molecule is O=C(COc1ccccc1)N1CCN(c2nc3ccccc3o2)CC1. The molecule has 1 aliphatic heterocycles. The zero-order valence-corrected chi connectivity index (χ0v) is 13.8. The number of rotatable bonds is 4. The fourth-order valence-corrected chi connectivity index (χ4v) is 2.90. The summed E-state index contributed by atoms with van der Waals surface area (Å²) in [6, 6.07) is 17.7. The van der Waals surface area contributed by atoms with Crippen LogP contribution in [0.2, 0.25) is 0 Å². The van der Waals surface area contributed by atoms with Gasteiger partial charge >= 0.3 is 0 Å². The summed E-state index contributed by atoms with van der Waals surface area (Å²) in [7, 11) is 0. The van der Waals surface area contributed by atoms with Crippen LogP contribution >= 0.6 is 0 Å². The van der Waals surface area contributed by atoms with Gasteiger partial charge in [0, 0.05) is 26.2 Å².